The van der Waals surface area contributed by atoms with Gasteiger partial charge in [0, 0.05) is 25.7 Å². The lowest BCUT2D eigenvalue weighted by atomic mass is 9.91. The second-order valence-corrected chi connectivity index (χ2v) is 7.08. The largest absolute Gasteiger partial charge is 0.370 e. The van der Waals surface area contributed by atoms with E-state index in [1.54, 1.807) is 16.9 Å². The zero-order valence-corrected chi connectivity index (χ0v) is 15.6. The van der Waals surface area contributed by atoms with Crippen LogP contribution in [0.4, 0.5) is 11.5 Å². The maximum Gasteiger partial charge on any atom is 0.225 e. The van der Waals surface area contributed by atoms with Crippen LogP contribution in [0.15, 0.2) is 48.8 Å². The van der Waals surface area contributed by atoms with Gasteiger partial charge in [0.1, 0.15) is 6.07 Å². The second-order valence-electron chi connectivity index (χ2n) is 7.08. The Kier molecular flexibility index (Phi) is 5.20. The number of rotatable bonds is 5. The van der Waals surface area contributed by atoms with E-state index >= 15 is 0 Å². The summed E-state index contributed by atoms with van der Waals surface area (Å²) >= 11 is 0. The van der Waals surface area contributed by atoms with Gasteiger partial charge in [0.25, 0.3) is 0 Å². The van der Waals surface area contributed by atoms with E-state index in [4.69, 9.17) is 0 Å². The fourth-order valence-electron chi connectivity index (χ4n) is 3.76. The smallest absolute Gasteiger partial charge is 0.225 e. The minimum Gasteiger partial charge on any atom is -0.370 e. The van der Waals surface area contributed by atoms with Gasteiger partial charge in [0.05, 0.1) is 17.4 Å². The number of hydrogen-bond acceptors (Lipinski definition) is 5. The van der Waals surface area contributed by atoms with Crippen molar-refractivity contribution in [2.75, 3.05) is 23.3 Å². The van der Waals surface area contributed by atoms with Crippen LogP contribution in [0.2, 0.25) is 0 Å². The minimum atomic E-state index is -0.00953. The van der Waals surface area contributed by atoms with Gasteiger partial charge in [-0.1, -0.05) is 12.1 Å². The summed E-state index contributed by atoms with van der Waals surface area (Å²) in [6.45, 7) is 1.84. The molecular formula is C21H22N6O. The number of imidazole rings is 1. The predicted octanol–water partition coefficient (Wildman–Crippen LogP) is 3.24. The molecule has 1 fully saturated rings. The van der Waals surface area contributed by atoms with E-state index in [9.17, 15) is 10.1 Å². The Morgan fingerprint density at radius 3 is 2.86 bits per heavy atom. The fraction of sp³-hybridized carbons (Fsp3) is 0.333. The molecule has 1 aliphatic heterocycles. The molecule has 142 valence electrons. The number of carbonyl (C=O) groups is 1. The Morgan fingerprint density at radius 2 is 2.04 bits per heavy atom. The van der Waals surface area contributed by atoms with Crippen LogP contribution >= 0.6 is 0 Å². The third-order valence-electron chi connectivity index (χ3n) is 5.30. The third kappa shape index (κ3) is 3.81. The van der Waals surface area contributed by atoms with Crippen LogP contribution in [0.3, 0.4) is 0 Å². The van der Waals surface area contributed by atoms with Gasteiger partial charge in [-0.25, -0.2) is 4.98 Å². The molecule has 3 aromatic rings. The van der Waals surface area contributed by atoms with Gasteiger partial charge in [0.15, 0.2) is 11.5 Å². The van der Waals surface area contributed by atoms with Gasteiger partial charge in [0.2, 0.25) is 5.91 Å². The molecule has 1 aromatic carbocycles. The van der Waals surface area contributed by atoms with Crippen LogP contribution < -0.4 is 10.2 Å². The van der Waals surface area contributed by atoms with E-state index in [1.807, 2.05) is 36.4 Å². The lowest BCUT2D eigenvalue weighted by molar-refractivity contribution is -0.116. The van der Waals surface area contributed by atoms with Gasteiger partial charge in [-0.3, -0.25) is 4.79 Å². The van der Waals surface area contributed by atoms with Gasteiger partial charge >= 0.3 is 0 Å². The highest BCUT2D eigenvalue weighted by atomic mass is 16.1. The molecular weight excluding hydrogens is 352 g/mol. The van der Waals surface area contributed by atoms with Crippen molar-refractivity contribution in [3.05, 3.63) is 54.4 Å². The van der Waals surface area contributed by atoms with E-state index in [2.05, 4.69) is 26.4 Å². The number of nitriles is 1. The maximum atomic E-state index is 12.3. The van der Waals surface area contributed by atoms with Crippen LogP contribution in [-0.4, -0.2) is 33.6 Å². The SMILES string of the molecule is N#Cc1ccccc1N1CCC(CCC(=O)Nc2cnc3cccnn23)CC1. The predicted molar refractivity (Wildman–Crippen MR) is 107 cm³/mol. The Labute approximate surface area is 163 Å². The average molecular weight is 374 g/mol. The van der Waals surface area contributed by atoms with E-state index in [1.165, 1.54) is 0 Å². The van der Waals surface area contributed by atoms with Gasteiger partial charge < -0.3 is 10.2 Å². The minimum absolute atomic E-state index is 0.00953. The number of hydrogen-bond donors (Lipinski definition) is 1. The maximum absolute atomic E-state index is 12.3. The number of amides is 1. The first-order valence-corrected chi connectivity index (χ1v) is 9.57. The number of fused-ring (bicyclic) bond motifs is 1. The van der Waals surface area contributed by atoms with E-state index in [0.717, 1.165) is 43.6 Å². The van der Waals surface area contributed by atoms with Gasteiger partial charge in [-0.15, -0.1) is 0 Å². The Bertz CT molecular complexity index is 1010. The number of para-hydroxylation sites is 1. The monoisotopic (exact) mass is 374 g/mol. The van der Waals surface area contributed by atoms with E-state index < -0.39 is 0 Å². The van der Waals surface area contributed by atoms with Gasteiger partial charge in [-0.05, 0) is 49.4 Å². The molecule has 0 saturated carbocycles. The quantitative estimate of drug-likeness (QED) is 0.741. The first-order valence-electron chi connectivity index (χ1n) is 9.57. The molecule has 1 aliphatic rings. The van der Waals surface area contributed by atoms with Crippen molar-refractivity contribution in [2.45, 2.75) is 25.7 Å². The molecule has 1 amide bonds. The van der Waals surface area contributed by atoms with Crippen molar-refractivity contribution in [1.82, 2.24) is 14.6 Å². The van der Waals surface area contributed by atoms with Crippen molar-refractivity contribution >= 4 is 23.1 Å². The van der Waals surface area contributed by atoms with Crippen LogP contribution in [0.5, 0.6) is 0 Å². The van der Waals surface area contributed by atoms with E-state index in [0.29, 0.717) is 23.8 Å². The summed E-state index contributed by atoms with van der Waals surface area (Å²) in [5.74, 6) is 1.12. The lowest BCUT2D eigenvalue weighted by Gasteiger charge is -2.34. The molecule has 0 atom stereocenters. The summed E-state index contributed by atoms with van der Waals surface area (Å²) in [5.41, 5.74) is 2.45. The Hall–Kier alpha value is -3.40. The van der Waals surface area contributed by atoms with Crippen LogP contribution in [-0.2, 0) is 4.79 Å². The molecule has 7 nitrogen and oxygen atoms in total. The number of anilines is 2. The van der Waals surface area contributed by atoms with Crippen molar-refractivity contribution < 1.29 is 4.79 Å². The first kappa shape index (κ1) is 18.0. The van der Waals surface area contributed by atoms with E-state index in [-0.39, 0.29) is 5.91 Å². The topological polar surface area (TPSA) is 86.3 Å². The zero-order valence-electron chi connectivity index (χ0n) is 15.6. The summed E-state index contributed by atoms with van der Waals surface area (Å²) in [6.07, 6.45) is 6.71. The van der Waals surface area contributed by atoms with Crippen LogP contribution in [0.1, 0.15) is 31.2 Å². The number of carbonyl (C=O) groups excluding carboxylic acids is 1. The summed E-state index contributed by atoms with van der Waals surface area (Å²) < 4.78 is 1.63. The van der Waals surface area contributed by atoms with Crippen molar-refractivity contribution in [2.24, 2.45) is 5.92 Å². The lowest BCUT2D eigenvalue weighted by Crippen LogP contribution is -2.34. The average Bonchev–Trinajstić information content (AvgIpc) is 3.15. The molecule has 28 heavy (non-hydrogen) atoms. The number of piperidine rings is 1. The molecule has 0 aliphatic carbocycles. The molecule has 7 heteroatoms. The van der Waals surface area contributed by atoms with Crippen molar-refractivity contribution in [3.63, 3.8) is 0 Å². The Balaban J connectivity index is 1.27. The van der Waals surface area contributed by atoms with Crippen LogP contribution in [0.25, 0.3) is 5.65 Å². The molecule has 0 unspecified atom stereocenters. The zero-order chi connectivity index (χ0) is 19.3. The van der Waals surface area contributed by atoms with Crippen molar-refractivity contribution in [1.29, 1.82) is 5.26 Å². The van der Waals surface area contributed by atoms with Gasteiger partial charge in [-0.2, -0.15) is 14.9 Å². The van der Waals surface area contributed by atoms with Crippen molar-refractivity contribution in [3.8, 4) is 6.07 Å². The molecule has 0 spiro atoms. The highest BCUT2D eigenvalue weighted by Gasteiger charge is 2.21. The standard InChI is InChI=1S/C21H22N6O/c22-14-17-4-1-2-5-18(17)26-12-9-16(10-13-26)7-8-21(28)25-20-15-23-19-6-3-11-24-27(19)20/h1-6,11,15-16H,7-10,12-13H2,(H,25,28). The molecule has 3 heterocycles. The molecule has 0 radical (unpaired) electrons. The normalized spacial score (nSPS) is 14.8. The summed E-state index contributed by atoms with van der Waals surface area (Å²) in [6, 6.07) is 13.7. The second kappa shape index (κ2) is 8.09. The number of nitrogens with one attached hydrogen (secondary N) is 1. The molecule has 0 bridgehead atoms. The summed E-state index contributed by atoms with van der Waals surface area (Å²) in [5, 5.41) is 16.4. The third-order valence-corrected chi connectivity index (χ3v) is 5.30. The summed E-state index contributed by atoms with van der Waals surface area (Å²) in [7, 11) is 0. The number of aromatic nitrogens is 3. The molecule has 2 aromatic heterocycles. The first-order chi connectivity index (χ1) is 13.7. The molecule has 1 N–H and O–H groups in total. The molecule has 4 rings (SSSR count). The highest BCUT2D eigenvalue weighted by molar-refractivity contribution is 5.90. The number of nitrogens with zero attached hydrogens (tertiary/aromatic N) is 5. The Morgan fingerprint density at radius 1 is 1.21 bits per heavy atom. The number of benzene rings is 1. The van der Waals surface area contributed by atoms with Crippen LogP contribution in [0, 0.1) is 17.2 Å². The highest BCUT2D eigenvalue weighted by Crippen LogP contribution is 2.28. The summed E-state index contributed by atoms with van der Waals surface area (Å²) in [4.78, 5) is 18.8. The fourth-order valence-corrected chi connectivity index (χ4v) is 3.76. The molecule has 1 saturated heterocycles.